The minimum Gasteiger partial charge on any atom is -0.392 e. The molecule has 0 saturated carbocycles. The Morgan fingerprint density at radius 1 is 1.14 bits per heavy atom. The van der Waals surface area contributed by atoms with Gasteiger partial charge in [0.05, 0.1) is 12.7 Å². The normalized spacial score (nSPS) is 18.0. The van der Waals surface area contributed by atoms with E-state index in [-0.39, 0.29) is 23.9 Å². The van der Waals surface area contributed by atoms with E-state index in [1.54, 1.807) is 11.5 Å². The van der Waals surface area contributed by atoms with Crippen molar-refractivity contribution in [3.8, 4) is 11.4 Å². The molecule has 0 spiro atoms. The van der Waals surface area contributed by atoms with Gasteiger partial charge in [-0.05, 0) is 38.0 Å². The fourth-order valence-corrected chi connectivity index (χ4v) is 4.33. The van der Waals surface area contributed by atoms with Crippen LogP contribution in [-0.4, -0.2) is 49.5 Å². The maximum Gasteiger partial charge on any atom is 0.275 e. The highest BCUT2D eigenvalue weighted by Gasteiger charge is 2.25. The first-order valence-corrected chi connectivity index (χ1v) is 11.6. The number of hydrogen-bond donors (Lipinski definition) is 2. The van der Waals surface area contributed by atoms with E-state index in [4.69, 9.17) is 4.74 Å². The predicted octanol–water partition coefficient (Wildman–Crippen LogP) is 2.68. The summed E-state index contributed by atoms with van der Waals surface area (Å²) < 4.78 is 8.40. The van der Waals surface area contributed by atoms with Gasteiger partial charge in [0, 0.05) is 35.5 Å². The van der Waals surface area contributed by atoms with Crippen LogP contribution in [-0.2, 0) is 16.1 Å². The number of nitrogens with one attached hydrogen (secondary N) is 1. The number of hydrogen-bond acceptors (Lipinski definition) is 6. The lowest BCUT2D eigenvalue weighted by atomic mass is 9.90. The molecule has 0 bridgehead atoms. The van der Waals surface area contributed by atoms with Gasteiger partial charge in [-0.2, -0.15) is 9.50 Å². The van der Waals surface area contributed by atoms with E-state index in [9.17, 15) is 14.7 Å². The number of rotatable bonds is 5. The van der Waals surface area contributed by atoms with E-state index in [0.717, 1.165) is 16.7 Å². The van der Waals surface area contributed by atoms with Gasteiger partial charge >= 0.3 is 0 Å². The average molecular weight is 474 g/mol. The minimum atomic E-state index is -0.432. The SMILES string of the molecule is Cc1ccc(NC(=O)Cn2c(C)cc(=O)n3nc(-c4ccc(C5COCCC5O)cc4)nc23)cc1. The summed E-state index contributed by atoms with van der Waals surface area (Å²) in [5.74, 6) is 0.373. The molecule has 3 heterocycles. The van der Waals surface area contributed by atoms with Crippen LogP contribution in [0.5, 0.6) is 0 Å². The van der Waals surface area contributed by atoms with Crippen molar-refractivity contribution in [1.82, 2.24) is 19.2 Å². The second kappa shape index (κ2) is 9.44. The van der Waals surface area contributed by atoms with E-state index in [1.807, 2.05) is 55.5 Å². The Labute approximate surface area is 202 Å². The van der Waals surface area contributed by atoms with E-state index in [2.05, 4.69) is 15.4 Å². The molecule has 1 fully saturated rings. The molecule has 2 atom stereocenters. The van der Waals surface area contributed by atoms with Crippen molar-refractivity contribution < 1.29 is 14.6 Å². The quantitative estimate of drug-likeness (QED) is 0.461. The summed E-state index contributed by atoms with van der Waals surface area (Å²) in [5.41, 5.74) is 3.82. The standard InChI is InChI=1S/C26H27N5O4/c1-16-3-9-20(10-4-16)27-23(33)14-30-17(2)13-24(34)31-26(30)28-25(29-31)19-7-5-18(6-8-19)21-15-35-12-11-22(21)32/h3-10,13,21-22,32H,11-12,14-15H2,1-2H3,(H,27,33). The molecule has 5 rings (SSSR count). The zero-order valence-electron chi connectivity index (χ0n) is 19.6. The number of fused-ring (bicyclic) bond motifs is 1. The second-order valence-corrected chi connectivity index (χ2v) is 8.93. The van der Waals surface area contributed by atoms with Crippen molar-refractivity contribution in [2.45, 2.75) is 38.8 Å². The largest absolute Gasteiger partial charge is 0.392 e. The molecule has 35 heavy (non-hydrogen) atoms. The molecule has 2 aromatic heterocycles. The van der Waals surface area contributed by atoms with Crippen molar-refractivity contribution in [1.29, 1.82) is 0 Å². The molecule has 1 amide bonds. The Kier molecular flexibility index (Phi) is 6.19. The summed E-state index contributed by atoms with van der Waals surface area (Å²) in [6.45, 7) is 4.79. The van der Waals surface area contributed by atoms with Gasteiger partial charge in [0.2, 0.25) is 11.7 Å². The molecule has 0 aliphatic carbocycles. The second-order valence-electron chi connectivity index (χ2n) is 8.93. The highest BCUT2D eigenvalue weighted by molar-refractivity contribution is 5.90. The van der Waals surface area contributed by atoms with Crippen LogP contribution in [0.4, 0.5) is 5.69 Å². The number of aliphatic hydroxyl groups excluding tert-OH is 1. The zero-order chi connectivity index (χ0) is 24.5. The van der Waals surface area contributed by atoms with E-state index in [0.29, 0.717) is 42.6 Å². The van der Waals surface area contributed by atoms with Crippen molar-refractivity contribution >= 4 is 17.4 Å². The van der Waals surface area contributed by atoms with Gasteiger partial charge in [-0.15, -0.1) is 5.10 Å². The van der Waals surface area contributed by atoms with Crippen LogP contribution in [0.25, 0.3) is 17.2 Å². The van der Waals surface area contributed by atoms with Crippen molar-refractivity contribution in [2.24, 2.45) is 0 Å². The highest BCUT2D eigenvalue weighted by Crippen LogP contribution is 2.27. The van der Waals surface area contributed by atoms with Crippen LogP contribution in [0.2, 0.25) is 0 Å². The van der Waals surface area contributed by atoms with Gasteiger partial charge in [0.1, 0.15) is 6.54 Å². The van der Waals surface area contributed by atoms with Gasteiger partial charge in [-0.1, -0.05) is 42.0 Å². The number of aromatic nitrogens is 4. The van der Waals surface area contributed by atoms with Crippen LogP contribution in [0.1, 0.15) is 29.2 Å². The Bertz CT molecular complexity index is 1420. The third-order valence-corrected chi connectivity index (χ3v) is 6.35. The van der Waals surface area contributed by atoms with Crippen LogP contribution in [0.3, 0.4) is 0 Å². The smallest absolute Gasteiger partial charge is 0.275 e. The van der Waals surface area contributed by atoms with Crippen LogP contribution < -0.4 is 10.9 Å². The fourth-order valence-electron chi connectivity index (χ4n) is 4.33. The maximum absolute atomic E-state index is 12.7. The number of carbonyl (C=O) groups excluding carboxylic acids is 1. The number of amides is 1. The topological polar surface area (TPSA) is 111 Å². The zero-order valence-corrected chi connectivity index (χ0v) is 19.6. The van der Waals surface area contributed by atoms with Crippen molar-refractivity contribution in [3.05, 3.63) is 81.8 Å². The highest BCUT2D eigenvalue weighted by atomic mass is 16.5. The van der Waals surface area contributed by atoms with Crippen molar-refractivity contribution in [3.63, 3.8) is 0 Å². The summed E-state index contributed by atoms with van der Waals surface area (Å²) in [6.07, 6.45) is 0.183. The predicted molar refractivity (Wildman–Crippen MR) is 131 cm³/mol. The first-order chi connectivity index (χ1) is 16.9. The fraction of sp³-hybridized carbons (Fsp3) is 0.308. The molecule has 2 unspecified atom stereocenters. The molecule has 0 radical (unpaired) electrons. The van der Waals surface area contributed by atoms with Crippen LogP contribution >= 0.6 is 0 Å². The first-order valence-electron chi connectivity index (χ1n) is 11.6. The Balaban J connectivity index is 1.43. The van der Waals surface area contributed by atoms with Gasteiger partial charge in [-0.25, -0.2) is 0 Å². The van der Waals surface area contributed by atoms with Crippen LogP contribution in [0, 0.1) is 13.8 Å². The molecule has 9 heteroatoms. The Hall–Kier alpha value is -3.82. The summed E-state index contributed by atoms with van der Waals surface area (Å²) >= 11 is 0. The van der Waals surface area contributed by atoms with Gasteiger partial charge in [0.25, 0.3) is 5.56 Å². The molecule has 9 nitrogen and oxygen atoms in total. The number of aliphatic hydroxyl groups is 1. The molecule has 180 valence electrons. The molecule has 1 aliphatic rings. The summed E-state index contributed by atoms with van der Waals surface area (Å²) in [4.78, 5) is 29.9. The average Bonchev–Trinajstić information content (AvgIpc) is 3.30. The number of carbonyl (C=O) groups is 1. The lowest BCUT2D eigenvalue weighted by molar-refractivity contribution is -0.116. The van der Waals surface area contributed by atoms with E-state index >= 15 is 0 Å². The van der Waals surface area contributed by atoms with Gasteiger partial charge in [0.15, 0.2) is 5.82 Å². The van der Waals surface area contributed by atoms with Gasteiger partial charge < -0.3 is 19.7 Å². The number of nitrogens with zero attached hydrogens (tertiary/aromatic N) is 4. The number of benzene rings is 2. The molecule has 1 aliphatic heterocycles. The monoisotopic (exact) mass is 473 g/mol. The summed E-state index contributed by atoms with van der Waals surface area (Å²) in [5, 5.41) is 17.6. The lowest BCUT2D eigenvalue weighted by Crippen LogP contribution is -2.29. The van der Waals surface area contributed by atoms with Crippen molar-refractivity contribution in [2.75, 3.05) is 18.5 Å². The maximum atomic E-state index is 12.7. The number of aryl methyl sites for hydroxylation is 2. The minimum absolute atomic E-state index is 0.0138. The van der Waals surface area contributed by atoms with Crippen LogP contribution in [0.15, 0.2) is 59.4 Å². The summed E-state index contributed by atoms with van der Waals surface area (Å²) in [7, 11) is 0. The lowest BCUT2D eigenvalue weighted by Gasteiger charge is -2.28. The molecule has 2 N–H and O–H groups in total. The van der Waals surface area contributed by atoms with E-state index < -0.39 is 6.10 Å². The third kappa shape index (κ3) is 4.73. The molecular formula is C26H27N5O4. The third-order valence-electron chi connectivity index (χ3n) is 6.35. The molecular weight excluding hydrogens is 446 g/mol. The van der Waals surface area contributed by atoms with Gasteiger partial charge in [-0.3, -0.25) is 9.59 Å². The molecule has 4 aromatic rings. The first kappa shape index (κ1) is 22.9. The Morgan fingerprint density at radius 2 is 1.89 bits per heavy atom. The molecule has 1 saturated heterocycles. The number of ether oxygens (including phenoxy) is 1. The van der Waals surface area contributed by atoms with E-state index in [1.165, 1.54) is 10.6 Å². The number of anilines is 1. The molecule has 2 aromatic carbocycles. The summed E-state index contributed by atoms with van der Waals surface area (Å²) in [6, 6.07) is 16.6. The Morgan fingerprint density at radius 3 is 2.60 bits per heavy atom.